The summed E-state index contributed by atoms with van der Waals surface area (Å²) in [6.07, 6.45) is 0.541. The lowest BCUT2D eigenvalue weighted by molar-refractivity contribution is -0.121. The van der Waals surface area contributed by atoms with E-state index in [2.05, 4.69) is 5.32 Å². The summed E-state index contributed by atoms with van der Waals surface area (Å²) in [6.45, 7) is 0.260. The molecular weight excluding hydrogens is 388 g/mol. The number of nitrogens with one attached hydrogen (secondary N) is 1. The van der Waals surface area contributed by atoms with Crippen molar-refractivity contribution in [1.29, 1.82) is 0 Å². The normalized spacial score (nSPS) is 17.4. The summed E-state index contributed by atoms with van der Waals surface area (Å²) < 4.78 is 54.6. The molecule has 1 amide bonds. The van der Waals surface area contributed by atoms with Crippen LogP contribution in [-0.4, -0.2) is 42.6 Å². The molecular formula is C19H21F2N3O3S. The summed E-state index contributed by atoms with van der Waals surface area (Å²) in [5, 5.41) is 2.63. The highest BCUT2D eigenvalue weighted by molar-refractivity contribution is 7.86. The molecule has 28 heavy (non-hydrogen) atoms. The van der Waals surface area contributed by atoms with Crippen LogP contribution in [0, 0.1) is 11.6 Å². The minimum Gasteiger partial charge on any atom is -0.351 e. The molecule has 1 fully saturated rings. The van der Waals surface area contributed by atoms with E-state index < -0.39 is 21.9 Å². The van der Waals surface area contributed by atoms with Gasteiger partial charge in [0.2, 0.25) is 5.91 Å². The Morgan fingerprint density at radius 3 is 2.39 bits per heavy atom. The Bertz CT molecular complexity index is 936. The number of halogens is 2. The van der Waals surface area contributed by atoms with Gasteiger partial charge in [-0.05, 0) is 30.2 Å². The largest absolute Gasteiger partial charge is 0.351 e. The van der Waals surface area contributed by atoms with Crippen molar-refractivity contribution in [3.05, 3.63) is 71.3 Å². The third kappa shape index (κ3) is 4.92. The molecule has 1 N–H and O–H groups in total. The number of amides is 1. The minimum absolute atomic E-state index is 0.0806. The van der Waals surface area contributed by atoms with Crippen LogP contribution in [0.5, 0.6) is 0 Å². The van der Waals surface area contributed by atoms with Crippen molar-refractivity contribution in [3.63, 3.8) is 0 Å². The monoisotopic (exact) mass is 409 g/mol. The van der Waals surface area contributed by atoms with Crippen LogP contribution in [0.3, 0.4) is 0 Å². The molecule has 150 valence electrons. The first-order chi connectivity index (χ1) is 13.4. The zero-order valence-electron chi connectivity index (χ0n) is 15.1. The van der Waals surface area contributed by atoms with Crippen LogP contribution in [0.15, 0.2) is 48.5 Å². The van der Waals surface area contributed by atoms with E-state index in [4.69, 9.17) is 0 Å². The molecule has 1 aliphatic heterocycles. The van der Waals surface area contributed by atoms with Gasteiger partial charge in [0, 0.05) is 31.7 Å². The van der Waals surface area contributed by atoms with Crippen molar-refractivity contribution in [2.75, 3.05) is 19.6 Å². The molecule has 1 saturated heterocycles. The molecule has 1 heterocycles. The number of benzene rings is 2. The van der Waals surface area contributed by atoms with E-state index in [0.29, 0.717) is 12.0 Å². The predicted molar refractivity (Wildman–Crippen MR) is 100 cm³/mol. The lowest BCUT2D eigenvalue weighted by Crippen LogP contribution is -2.52. The molecule has 0 unspecified atom stereocenters. The van der Waals surface area contributed by atoms with Crippen LogP contribution < -0.4 is 5.32 Å². The first-order valence-corrected chi connectivity index (χ1v) is 10.3. The number of rotatable bonds is 6. The van der Waals surface area contributed by atoms with E-state index >= 15 is 0 Å². The predicted octanol–water partition coefficient (Wildman–Crippen LogP) is 2.03. The van der Waals surface area contributed by atoms with E-state index in [0.717, 1.165) is 4.31 Å². The molecule has 2 aromatic rings. The Balaban J connectivity index is 1.60. The maximum absolute atomic E-state index is 13.9. The van der Waals surface area contributed by atoms with Gasteiger partial charge in [-0.3, -0.25) is 4.79 Å². The average molecular weight is 409 g/mol. The van der Waals surface area contributed by atoms with E-state index in [1.54, 1.807) is 30.3 Å². The molecule has 6 nitrogen and oxygen atoms in total. The third-order valence-electron chi connectivity index (χ3n) is 4.50. The molecule has 0 aliphatic carbocycles. The van der Waals surface area contributed by atoms with Crippen LogP contribution in [0.4, 0.5) is 8.78 Å². The number of hydrogen-bond acceptors (Lipinski definition) is 3. The Labute approximate surface area is 162 Å². The van der Waals surface area contributed by atoms with Gasteiger partial charge < -0.3 is 5.32 Å². The molecule has 3 rings (SSSR count). The van der Waals surface area contributed by atoms with Gasteiger partial charge in [0.25, 0.3) is 10.2 Å². The van der Waals surface area contributed by atoms with Crippen LogP contribution >= 0.6 is 0 Å². The SMILES string of the molecule is O=C(CN1CCCN(Cc2ccccc2F)S1(=O)=O)NCc1ccc(F)cc1. The fourth-order valence-electron chi connectivity index (χ4n) is 2.97. The number of carbonyl (C=O) groups excluding carboxylic acids is 1. The van der Waals surface area contributed by atoms with Crippen molar-refractivity contribution >= 4 is 16.1 Å². The van der Waals surface area contributed by atoms with Crippen LogP contribution in [0.2, 0.25) is 0 Å². The smallest absolute Gasteiger partial charge is 0.282 e. The van der Waals surface area contributed by atoms with Gasteiger partial charge in [0.1, 0.15) is 11.6 Å². The fraction of sp³-hybridized carbons (Fsp3) is 0.316. The van der Waals surface area contributed by atoms with Gasteiger partial charge in [0.05, 0.1) is 6.54 Å². The molecule has 0 bridgehead atoms. The molecule has 0 radical (unpaired) electrons. The summed E-state index contributed by atoms with van der Waals surface area (Å²) in [6, 6.07) is 11.7. The first-order valence-electron chi connectivity index (χ1n) is 8.86. The van der Waals surface area contributed by atoms with Gasteiger partial charge in [-0.2, -0.15) is 17.0 Å². The Morgan fingerprint density at radius 1 is 1.00 bits per heavy atom. The Morgan fingerprint density at radius 2 is 1.68 bits per heavy atom. The topological polar surface area (TPSA) is 69.7 Å². The highest BCUT2D eigenvalue weighted by Crippen LogP contribution is 2.20. The maximum atomic E-state index is 13.9. The minimum atomic E-state index is -3.87. The molecule has 1 aliphatic rings. The lowest BCUT2D eigenvalue weighted by Gasteiger charge is -2.34. The van der Waals surface area contributed by atoms with Crippen LogP contribution in [-0.2, 0) is 28.1 Å². The summed E-state index contributed by atoms with van der Waals surface area (Å²) >= 11 is 0. The van der Waals surface area contributed by atoms with Crippen molar-refractivity contribution < 1.29 is 22.0 Å². The number of hydrogen-bond donors (Lipinski definition) is 1. The third-order valence-corrected chi connectivity index (χ3v) is 6.42. The molecule has 0 spiro atoms. The van der Waals surface area contributed by atoms with Crippen LogP contribution in [0.1, 0.15) is 17.5 Å². The molecule has 0 atom stereocenters. The second-order valence-corrected chi connectivity index (χ2v) is 8.45. The van der Waals surface area contributed by atoms with Crippen LogP contribution in [0.25, 0.3) is 0 Å². The number of carbonyl (C=O) groups is 1. The van der Waals surface area contributed by atoms with Crippen molar-refractivity contribution in [2.45, 2.75) is 19.5 Å². The van der Waals surface area contributed by atoms with E-state index in [1.165, 1.54) is 22.5 Å². The molecule has 2 aromatic carbocycles. The van der Waals surface area contributed by atoms with E-state index in [9.17, 15) is 22.0 Å². The first kappa shape index (κ1) is 20.4. The quantitative estimate of drug-likeness (QED) is 0.794. The van der Waals surface area contributed by atoms with Crippen molar-refractivity contribution in [3.8, 4) is 0 Å². The van der Waals surface area contributed by atoms with Gasteiger partial charge in [-0.1, -0.05) is 30.3 Å². The van der Waals surface area contributed by atoms with Crippen molar-refractivity contribution in [2.24, 2.45) is 0 Å². The number of nitrogens with zero attached hydrogens (tertiary/aromatic N) is 2. The summed E-state index contributed by atoms with van der Waals surface area (Å²) in [7, 11) is -3.87. The Hall–Kier alpha value is -2.36. The summed E-state index contributed by atoms with van der Waals surface area (Å²) in [4.78, 5) is 12.2. The maximum Gasteiger partial charge on any atom is 0.282 e. The summed E-state index contributed by atoms with van der Waals surface area (Å²) in [5.41, 5.74) is 0.992. The zero-order valence-corrected chi connectivity index (χ0v) is 16.0. The fourth-order valence-corrected chi connectivity index (χ4v) is 4.60. The second kappa shape index (κ2) is 8.76. The highest BCUT2D eigenvalue weighted by Gasteiger charge is 2.35. The molecule has 0 saturated carbocycles. The van der Waals surface area contributed by atoms with E-state index in [-0.39, 0.29) is 44.1 Å². The zero-order chi connectivity index (χ0) is 20.1. The van der Waals surface area contributed by atoms with Gasteiger partial charge in [-0.25, -0.2) is 8.78 Å². The van der Waals surface area contributed by atoms with Gasteiger partial charge in [-0.15, -0.1) is 0 Å². The summed E-state index contributed by atoms with van der Waals surface area (Å²) in [5.74, 6) is -1.29. The standard InChI is InChI=1S/C19H21F2N3O3S/c20-17-8-6-15(7-9-17)12-22-19(25)14-24-11-3-10-23(28(24,26)27)13-16-4-1-2-5-18(16)21/h1-2,4-9H,3,10-14H2,(H,22,25). The molecule has 0 aromatic heterocycles. The Kier molecular flexibility index (Phi) is 6.38. The lowest BCUT2D eigenvalue weighted by atomic mass is 10.2. The average Bonchev–Trinajstić information content (AvgIpc) is 2.66. The second-order valence-electron chi connectivity index (χ2n) is 6.52. The van der Waals surface area contributed by atoms with Gasteiger partial charge in [0.15, 0.2) is 0 Å². The highest BCUT2D eigenvalue weighted by atomic mass is 32.2. The van der Waals surface area contributed by atoms with Gasteiger partial charge >= 0.3 is 0 Å². The van der Waals surface area contributed by atoms with E-state index in [1.807, 2.05) is 0 Å². The van der Waals surface area contributed by atoms with Crippen molar-refractivity contribution in [1.82, 2.24) is 13.9 Å². The molecule has 9 heteroatoms.